The van der Waals surface area contributed by atoms with E-state index in [2.05, 4.69) is 17.1 Å². The van der Waals surface area contributed by atoms with Crippen LogP contribution >= 0.6 is 0 Å². The van der Waals surface area contributed by atoms with Crippen LogP contribution in [-0.4, -0.2) is 31.9 Å². The minimum Gasteiger partial charge on any atom is -0.490 e. The maximum atomic E-state index is 12.4. The second kappa shape index (κ2) is 11.4. The molecule has 2 aromatic carbocycles. The van der Waals surface area contributed by atoms with Gasteiger partial charge in [0.1, 0.15) is 12.4 Å². The number of nitrogens with zero attached hydrogens (tertiary/aromatic N) is 1. The molecule has 0 saturated heterocycles. The van der Waals surface area contributed by atoms with Crippen LogP contribution in [-0.2, 0) is 0 Å². The molecule has 6 nitrogen and oxygen atoms in total. The predicted octanol–water partition coefficient (Wildman–Crippen LogP) is 4.20. The van der Waals surface area contributed by atoms with Gasteiger partial charge in [0.25, 0.3) is 5.91 Å². The third-order valence-corrected chi connectivity index (χ3v) is 3.57. The standard InChI is InChI=1S/C22H26N2O4/c1-4-12-27-19-9-7-8-17(14-19)16-23-24-22(25)18-10-11-20(28-13-5-2)21(15-18)26-6-3/h4,7-11,14-16H,1,5-6,12-13H2,2-3H3,(H,24,25)/b23-16+. The van der Waals surface area contributed by atoms with Crippen molar-refractivity contribution < 1.29 is 19.0 Å². The number of amides is 1. The molecule has 28 heavy (non-hydrogen) atoms. The molecule has 148 valence electrons. The Balaban J connectivity index is 2.03. The van der Waals surface area contributed by atoms with Crippen molar-refractivity contribution in [3.8, 4) is 17.2 Å². The van der Waals surface area contributed by atoms with Crippen molar-refractivity contribution in [3.05, 3.63) is 66.2 Å². The molecular formula is C22H26N2O4. The van der Waals surface area contributed by atoms with Crippen LogP contribution in [0.5, 0.6) is 17.2 Å². The molecule has 0 fully saturated rings. The van der Waals surface area contributed by atoms with E-state index in [1.807, 2.05) is 38.1 Å². The quantitative estimate of drug-likeness (QED) is 0.359. The highest BCUT2D eigenvalue weighted by Gasteiger charge is 2.11. The Morgan fingerprint density at radius 3 is 2.71 bits per heavy atom. The smallest absolute Gasteiger partial charge is 0.271 e. The molecule has 2 aromatic rings. The van der Waals surface area contributed by atoms with Gasteiger partial charge < -0.3 is 14.2 Å². The summed E-state index contributed by atoms with van der Waals surface area (Å²) in [5.41, 5.74) is 3.76. The average Bonchev–Trinajstić information content (AvgIpc) is 2.71. The first-order valence-electron chi connectivity index (χ1n) is 9.24. The predicted molar refractivity (Wildman–Crippen MR) is 111 cm³/mol. The number of benzene rings is 2. The Bertz CT molecular complexity index is 818. The fraction of sp³-hybridized carbons (Fsp3) is 0.273. The zero-order valence-electron chi connectivity index (χ0n) is 16.3. The van der Waals surface area contributed by atoms with Gasteiger partial charge in [0.15, 0.2) is 11.5 Å². The van der Waals surface area contributed by atoms with Crippen molar-refractivity contribution in [2.75, 3.05) is 19.8 Å². The molecule has 1 amide bonds. The number of rotatable bonds is 11. The molecule has 0 aliphatic carbocycles. The molecule has 1 N–H and O–H groups in total. The zero-order valence-corrected chi connectivity index (χ0v) is 16.3. The lowest BCUT2D eigenvalue weighted by molar-refractivity contribution is 0.0954. The maximum Gasteiger partial charge on any atom is 0.271 e. The van der Waals surface area contributed by atoms with Crippen molar-refractivity contribution in [1.29, 1.82) is 0 Å². The summed E-state index contributed by atoms with van der Waals surface area (Å²) >= 11 is 0. The van der Waals surface area contributed by atoms with Crippen LogP contribution < -0.4 is 19.6 Å². The highest BCUT2D eigenvalue weighted by atomic mass is 16.5. The van der Waals surface area contributed by atoms with E-state index in [1.54, 1.807) is 30.5 Å². The van der Waals surface area contributed by atoms with Crippen LogP contribution in [0.1, 0.15) is 36.2 Å². The number of hydrazone groups is 1. The Morgan fingerprint density at radius 1 is 1.11 bits per heavy atom. The Labute approximate surface area is 165 Å². The molecule has 0 spiro atoms. The van der Waals surface area contributed by atoms with Gasteiger partial charge in [0.05, 0.1) is 19.4 Å². The maximum absolute atomic E-state index is 12.4. The van der Waals surface area contributed by atoms with Gasteiger partial charge in [0, 0.05) is 5.56 Å². The summed E-state index contributed by atoms with van der Waals surface area (Å²) in [6.07, 6.45) is 4.12. The van der Waals surface area contributed by atoms with Gasteiger partial charge in [-0.05, 0) is 49.2 Å². The van der Waals surface area contributed by atoms with E-state index in [0.29, 0.717) is 42.6 Å². The summed E-state index contributed by atoms with van der Waals surface area (Å²) in [5.74, 6) is 1.54. The molecule has 6 heteroatoms. The molecule has 0 radical (unpaired) electrons. The van der Waals surface area contributed by atoms with Gasteiger partial charge >= 0.3 is 0 Å². The third-order valence-electron chi connectivity index (χ3n) is 3.57. The first-order valence-corrected chi connectivity index (χ1v) is 9.24. The normalized spacial score (nSPS) is 10.5. The van der Waals surface area contributed by atoms with E-state index in [1.165, 1.54) is 0 Å². The summed E-state index contributed by atoms with van der Waals surface area (Å²) in [5, 5.41) is 4.01. The average molecular weight is 382 g/mol. The fourth-order valence-electron chi connectivity index (χ4n) is 2.32. The van der Waals surface area contributed by atoms with Gasteiger partial charge in [-0.3, -0.25) is 4.79 Å². The Kier molecular flexibility index (Phi) is 8.59. The Morgan fingerprint density at radius 2 is 1.96 bits per heavy atom. The summed E-state index contributed by atoms with van der Waals surface area (Å²) < 4.78 is 16.7. The first-order chi connectivity index (χ1) is 13.7. The molecule has 0 saturated carbocycles. The molecule has 0 aromatic heterocycles. The van der Waals surface area contributed by atoms with Gasteiger partial charge in [-0.15, -0.1) is 0 Å². The summed E-state index contributed by atoms with van der Waals surface area (Å²) in [6.45, 7) is 9.03. The van der Waals surface area contributed by atoms with Gasteiger partial charge in [-0.1, -0.05) is 31.7 Å². The molecular weight excluding hydrogens is 356 g/mol. The summed E-state index contributed by atoms with van der Waals surface area (Å²) in [7, 11) is 0. The van der Waals surface area contributed by atoms with Crippen molar-refractivity contribution in [3.63, 3.8) is 0 Å². The van der Waals surface area contributed by atoms with Crippen LogP contribution in [0.15, 0.2) is 60.2 Å². The van der Waals surface area contributed by atoms with Gasteiger partial charge in [-0.2, -0.15) is 5.10 Å². The van der Waals surface area contributed by atoms with Crippen molar-refractivity contribution >= 4 is 12.1 Å². The number of carbonyl (C=O) groups excluding carboxylic acids is 1. The van der Waals surface area contributed by atoms with E-state index in [9.17, 15) is 4.79 Å². The lowest BCUT2D eigenvalue weighted by atomic mass is 10.2. The monoisotopic (exact) mass is 382 g/mol. The number of hydrogen-bond donors (Lipinski definition) is 1. The van der Waals surface area contributed by atoms with E-state index in [-0.39, 0.29) is 5.91 Å². The van der Waals surface area contributed by atoms with Crippen LogP contribution in [0.4, 0.5) is 0 Å². The van der Waals surface area contributed by atoms with E-state index in [0.717, 1.165) is 12.0 Å². The van der Waals surface area contributed by atoms with Gasteiger partial charge in [0.2, 0.25) is 0 Å². The lowest BCUT2D eigenvalue weighted by Gasteiger charge is -2.12. The van der Waals surface area contributed by atoms with Crippen LogP contribution in [0.2, 0.25) is 0 Å². The SMILES string of the molecule is C=CCOc1cccc(/C=N/NC(=O)c2ccc(OCCC)c(OCC)c2)c1. The highest BCUT2D eigenvalue weighted by molar-refractivity contribution is 5.95. The first kappa shape index (κ1) is 21.0. The second-order valence-corrected chi connectivity index (χ2v) is 5.81. The van der Waals surface area contributed by atoms with Crippen LogP contribution in [0.25, 0.3) is 0 Å². The molecule has 2 rings (SSSR count). The van der Waals surface area contributed by atoms with E-state index >= 15 is 0 Å². The van der Waals surface area contributed by atoms with Crippen LogP contribution in [0.3, 0.4) is 0 Å². The van der Waals surface area contributed by atoms with Crippen molar-refractivity contribution in [2.24, 2.45) is 5.10 Å². The van der Waals surface area contributed by atoms with E-state index in [4.69, 9.17) is 14.2 Å². The molecule has 0 aliphatic rings. The van der Waals surface area contributed by atoms with E-state index < -0.39 is 0 Å². The summed E-state index contributed by atoms with van der Waals surface area (Å²) in [6, 6.07) is 12.5. The molecule has 0 aliphatic heterocycles. The fourth-order valence-corrected chi connectivity index (χ4v) is 2.32. The molecule has 0 atom stereocenters. The molecule has 0 unspecified atom stereocenters. The number of carbonyl (C=O) groups is 1. The molecule has 0 heterocycles. The van der Waals surface area contributed by atoms with Crippen LogP contribution in [0, 0.1) is 0 Å². The highest BCUT2D eigenvalue weighted by Crippen LogP contribution is 2.28. The minimum absolute atomic E-state index is 0.335. The number of nitrogens with one attached hydrogen (secondary N) is 1. The largest absolute Gasteiger partial charge is 0.490 e. The van der Waals surface area contributed by atoms with Crippen molar-refractivity contribution in [2.45, 2.75) is 20.3 Å². The lowest BCUT2D eigenvalue weighted by Crippen LogP contribution is -2.17. The van der Waals surface area contributed by atoms with Crippen molar-refractivity contribution in [1.82, 2.24) is 5.43 Å². The topological polar surface area (TPSA) is 69.2 Å². The second-order valence-electron chi connectivity index (χ2n) is 5.81. The molecule has 0 bridgehead atoms. The zero-order chi connectivity index (χ0) is 20.2. The minimum atomic E-state index is -0.335. The Hall–Kier alpha value is -3.28. The third kappa shape index (κ3) is 6.46. The number of hydrogen-bond acceptors (Lipinski definition) is 5. The van der Waals surface area contributed by atoms with Gasteiger partial charge in [-0.25, -0.2) is 5.43 Å². The summed E-state index contributed by atoms with van der Waals surface area (Å²) in [4.78, 5) is 12.4. The number of ether oxygens (including phenoxy) is 3.